The van der Waals surface area contributed by atoms with Gasteiger partial charge in [-0.05, 0) is 30.3 Å². The van der Waals surface area contributed by atoms with Crippen LogP contribution in [-0.4, -0.2) is 20.6 Å². The van der Waals surface area contributed by atoms with Crippen LogP contribution in [0.1, 0.15) is 5.56 Å². The molecular weight excluding hydrogens is 271 g/mol. The molecule has 4 nitrogen and oxygen atoms in total. The number of aromatic nitrogens is 2. The predicted octanol–water partition coefficient (Wildman–Crippen LogP) is 3.26. The number of halogens is 1. The maximum absolute atomic E-state index is 14.0. The third-order valence-corrected chi connectivity index (χ3v) is 3.14. The molecule has 0 radical (unpaired) electrons. The Kier molecular flexibility index (Phi) is 3.23. The lowest BCUT2D eigenvalue weighted by molar-refractivity contribution is -0.131. The van der Waals surface area contributed by atoms with Gasteiger partial charge in [-0.15, -0.1) is 0 Å². The Balaban J connectivity index is 2.23. The van der Waals surface area contributed by atoms with E-state index in [4.69, 9.17) is 5.11 Å². The minimum atomic E-state index is -1.13. The lowest BCUT2D eigenvalue weighted by Crippen LogP contribution is -1.98. The molecule has 0 saturated carbocycles. The molecule has 0 aliphatic heterocycles. The van der Waals surface area contributed by atoms with Gasteiger partial charge in [-0.2, -0.15) is 0 Å². The number of nitrogens with zero attached hydrogens (tertiary/aromatic N) is 2. The summed E-state index contributed by atoms with van der Waals surface area (Å²) >= 11 is 0. The van der Waals surface area contributed by atoms with E-state index < -0.39 is 11.8 Å². The molecule has 0 aliphatic carbocycles. The fraction of sp³-hybridized carbons (Fsp3) is 0. The van der Waals surface area contributed by atoms with Crippen molar-refractivity contribution in [2.45, 2.75) is 0 Å². The molecule has 0 atom stereocenters. The van der Waals surface area contributed by atoms with Crippen LogP contribution in [0.4, 0.5) is 4.39 Å². The minimum Gasteiger partial charge on any atom is -0.478 e. The number of carboxylic acid groups (broad SMARTS) is 1. The number of carboxylic acids is 1. The van der Waals surface area contributed by atoms with Gasteiger partial charge in [0.05, 0.1) is 16.7 Å². The van der Waals surface area contributed by atoms with Crippen LogP contribution >= 0.6 is 0 Å². The zero-order valence-corrected chi connectivity index (χ0v) is 10.9. The summed E-state index contributed by atoms with van der Waals surface area (Å²) in [5.74, 6) is -1.61. The summed E-state index contributed by atoms with van der Waals surface area (Å²) in [6.45, 7) is 0. The molecule has 0 saturated heterocycles. The van der Waals surface area contributed by atoms with Crippen LogP contribution in [0.15, 0.2) is 54.9 Å². The van der Waals surface area contributed by atoms with Crippen LogP contribution in [0, 0.1) is 5.82 Å². The predicted molar refractivity (Wildman–Crippen MR) is 77.7 cm³/mol. The molecule has 0 bridgehead atoms. The maximum Gasteiger partial charge on any atom is 0.328 e. The first kappa shape index (κ1) is 13.1. The number of hydrogen-bond donors (Lipinski definition) is 1. The molecule has 1 N–H and O–H groups in total. The summed E-state index contributed by atoms with van der Waals surface area (Å²) in [6.07, 6.45) is 3.76. The van der Waals surface area contributed by atoms with Crippen molar-refractivity contribution in [3.8, 4) is 5.69 Å². The van der Waals surface area contributed by atoms with Crippen LogP contribution < -0.4 is 0 Å². The quantitative estimate of drug-likeness (QED) is 0.750. The third-order valence-electron chi connectivity index (χ3n) is 3.14. The summed E-state index contributed by atoms with van der Waals surface area (Å²) in [4.78, 5) is 14.9. The SMILES string of the molecule is O=C(O)/C=C/c1c(F)cccc1-n1cnc2ccccc21. The minimum absolute atomic E-state index is 0.211. The van der Waals surface area contributed by atoms with E-state index in [2.05, 4.69) is 4.98 Å². The van der Waals surface area contributed by atoms with E-state index in [1.807, 2.05) is 24.3 Å². The summed E-state index contributed by atoms with van der Waals surface area (Å²) in [7, 11) is 0. The largest absolute Gasteiger partial charge is 0.478 e. The van der Waals surface area contributed by atoms with Crippen molar-refractivity contribution < 1.29 is 14.3 Å². The molecule has 1 heterocycles. The summed E-state index contributed by atoms with van der Waals surface area (Å²) in [5.41, 5.74) is 2.37. The molecular formula is C16H11FN2O2. The van der Waals surface area contributed by atoms with Gasteiger partial charge in [0.2, 0.25) is 0 Å². The van der Waals surface area contributed by atoms with Gasteiger partial charge >= 0.3 is 5.97 Å². The molecule has 1 aromatic heterocycles. The lowest BCUT2D eigenvalue weighted by atomic mass is 10.1. The van der Waals surface area contributed by atoms with E-state index in [0.717, 1.165) is 17.1 Å². The highest BCUT2D eigenvalue weighted by Crippen LogP contribution is 2.24. The van der Waals surface area contributed by atoms with Gasteiger partial charge in [-0.25, -0.2) is 14.2 Å². The molecule has 0 unspecified atom stereocenters. The number of benzene rings is 2. The summed E-state index contributed by atoms with van der Waals surface area (Å²) in [5, 5.41) is 8.73. The zero-order valence-electron chi connectivity index (χ0n) is 10.9. The Hall–Kier alpha value is -2.95. The van der Waals surface area contributed by atoms with Crippen LogP contribution in [0.2, 0.25) is 0 Å². The van der Waals surface area contributed by atoms with E-state index in [9.17, 15) is 9.18 Å². The van der Waals surface area contributed by atoms with E-state index >= 15 is 0 Å². The molecule has 0 aliphatic rings. The maximum atomic E-state index is 14.0. The molecule has 104 valence electrons. The Bertz CT molecular complexity index is 852. The molecule has 3 aromatic rings. The van der Waals surface area contributed by atoms with Gasteiger partial charge in [-0.1, -0.05) is 18.2 Å². The molecule has 0 fully saturated rings. The second-order valence-corrected chi connectivity index (χ2v) is 4.45. The molecule has 21 heavy (non-hydrogen) atoms. The van der Waals surface area contributed by atoms with Crippen molar-refractivity contribution in [1.29, 1.82) is 0 Å². The van der Waals surface area contributed by atoms with Crippen molar-refractivity contribution in [3.63, 3.8) is 0 Å². The standard InChI is InChI=1S/C16H11FN2O2/c17-12-4-3-7-14(11(12)8-9-16(20)21)19-10-18-13-5-1-2-6-15(13)19/h1-10H,(H,20,21)/b9-8+. The third kappa shape index (κ3) is 2.41. The monoisotopic (exact) mass is 282 g/mol. The van der Waals surface area contributed by atoms with E-state index in [1.54, 1.807) is 23.0 Å². The first-order valence-corrected chi connectivity index (χ1v) is 6.29. The number of fused-ring (bicyclic) bond motifs is 1. The molecule has 2 aromatic carbocycles. The van der Waals surface area contributed by atoms with E-state index in [0.29, 0.717) is 5.69 Å². The van der Waals surface area contributed by atoms with Crippen molar-refractivity contribution in [3.05, 3.63) is 66.2 Å². The highest BCUT2D eigenvalue weighted by atomic mass is 19.1. The molecule has 0 amide bonds. The van der Waals surface area contributed by atoms with Gasteiger partial charge in [0, 0.05) is 11.6 Å². The van der Waals surface area contributed by atoms with Gasteiger partial charge in [-0.3, -0.25) is 4.57 Å². The van der Waals surface area contributed by atoms with Gasteiger partial charge < -0.3 is 5.11 Å². The van der Waals surface area contributed by atoms with Crippen molar-refractivity contribution in [2.24, 2.45) is 0 Å². The van der Waals surface area contributed by atoms with Gasteiger partial charge in [0.1, 0.15) is 12.1 Å². The average Bonchev–Trinajstić information content (AvgIpc) is 2.89. The highest BCUT2D eigenvalue weighted by Gasteiger charge is 2.10. The second kappa shape index (κ2) is 5.20. The first-order valence-electron chi connectivity index (χ1n) is 6.29. The Morgan fingerprint density at radius 2 is 2.00 bits per heavy atom. The summed E-state index contributed by atoms with van der Waals surface area (Å²) < 4.78 is 15.8. The number of carbonyl (C=O) groups is 1. The van der Waals surface area contributed by atoms with Crippen molar-refractivity contribution >= 4 is 23.1 Å². The average molecular weight is 282 g/mol. The van der Waals surface area contributed by atoms with E-state index in [-0.39, 0.29) is 5.56 Å². The molecule has 5 heteroatoms. The number of imidazole rings is 1. The second-order valence-electron chi connectivity index (χ2n) is 4.45. The summed E-state index contributed by atoms with van der Waals surface area (Å²) in [6, 6.07) is 12.1. The van der Waals surface area contributed by atoms with Gasteiger partial charge in [0.15, 0.2) is 0 Å². The van der Waals surface area contributed by atoms with Gasteiger partial charge in [0.25, 0.3) is 0 Å². The van der Waals surface area contributed by atoms with Crippen LogP contribution in [0.25, 0.3) is 22.8 Å². The number of hydrogen-bond acceptors (Lipinski definition) is 2. The fourth-order valence-corrected chi connectivity index (χ4v) is 2.21. The topological polar surface area (TPSA) is 55.1 Å². The Morgan fingerprint density at radius 3 is 2.81 bits per heavy atom. The van der Waals surface area contributed by atoms with Crippen LogP contribution in [-0.2, 0) is 4.79 Å². The lowest BCUT2D eigenvalue weighted by Gasteiger charge is -2.09. The Morgan fingerprint density at radius 1 is 1.19 bits per heavy atom. The van der Waals surface area contributed by atoms with E-state index in [1.165, 1.54) is 12.1 Å². The van der Waals surface area contributed by atoms with Crippen molar-refractivity contribution in [2.75, 3.05) is 0 Å². The van der Waals surface area contributed by atoms with Crippen LogP contribution in [0.5, 0.6) is 0 Å². The Labute approximate surface area is 119 Å². The zero-order chi connectivity index (χ0) is 14.8. The van der Waals surface area contributed by atoms with Crippen molar-refractivity contribution in [1.82, 2.24) is 9.55 Å². The highest BCUT2D eigenvalue weighted by molar-refractivity contribution is 5.87. The molecule has 3 rings (SSSR count). The first-order chi connectivity index (χ1) is 10.2. The molecule has 0 spiro atoms. The fourth-order valence-electron chi connectivity index (χ4n) is 2.21. The number of aliphatic carboxylic acids is 1. The smallest absolute Gasteiger partial charge is 0.328 e. The normalized spacial score (nSPS) is 11.3. The number of rotatable bonds is 3. The number of para-hydroxylation sites is 2. The van der Waals surface area contributed by atoms with Crippen LogP contribution in [0.3, 0.4) is 0 Å².